The lowest BCUT2D eigenvalue weighted by atomic mass is 10.2. The number of hydrogen-bond acceptors (Lipinski definition) is 4. The molecule has 0 saturated heterocycles. The van der Waals surface area contributed by atoms with Crippen LogP contribution in [0.3, 0.4) is 0 Å². The Morgan fingerprint density at radius 3 is 1.86 bits per heavy atom. The van der Waals surface area contributed by atoms with Crippen LogP contribution in [0.25, 0.3) is 0 Å². The molecule has 2 unspecified atom stereocenters. The van der Waals surface area contributed by atoms with E-state index in [2.05, 4.69) is 0 Å². The fourth-order valence-corrected chi connectivity index (χ4v) is 0.992. The number of carboxylic acid groups (broad SMARTS) is 1. The zero-order valence-corrected chi connectivity index (χ0v) is 8.17. The molecule has 0 rings (SSSR count). The third-order valence-corrected chi connectivity index (χ3v) is 1.88. The van der Waals surface area contributed by atoms with E-state index >= 15 is 0 Å². The molecule has 0 bridgehead atoms. The predicted octanol–water partition coefficient (Wildman–Crippen LogP) is -1.34. The van der Waals surface area contributed by atoms with Crippen molar-refractivity contribution in [3.05, 3.63) is 0 Å². The number of hydrogen-bond donors (Lipinski definition) is 3. The molecule has 0 aromatic rings. The first kappa shape index (κ1) is 12.9. The number of rotatable bonds is 5. The van der Waals surface area contributed by atoms with Crippen LogP contribution < -0.4 is 0 Å². The molecule has 0 saturated carbocycles. The van der Waals surface area contributed by atoms with E-state index in [1.807, 2.05) is 0 Å². The number of aliphatic hydroxyl groups is 2. The summed E-state index contributed by atoms with van der Waals surface area (Å²) in [5.74, 6) is -2.39. The Balaban J connectivity index is 4.44. The molecule has 0 aliphatic rings. The quantitative estimate of drug-likeness (QED) is 0.516. The minimum atomic E-state index is -2.07. The van der Waals surface area contributed by atoms with Gasteiger partial charge in [-0.3, -0.25) is 4.79 Å². The van der Waals surface area contributed by atoms with Gasteiger partial charge in [0.25, 0.3) is 5.91 Å². The summed E-state index contributed by atoms with van der Waals surface area (Å²) in [5.41, 5.74) is 0. The van der Waals surface area contributed by atoms with Crippen molar-refractivity contribution in [2.45, 2.75) is 26.1 Å². The minimum absolute atomic E-state index is 0.360. The first-order chi connectivity index (χ1) is 6.45. The van der Waals surface area contributed by atoms with Crippen molar-refractivity contribution in [3.63, 3.8) is 0 Å². The maximum Gasteiger partial charge on any atom is 0.335 e. The minimum Gasteiger partial charge on any atom is -0.479 e. The second-order valence-electron chi connectivity index (χ2n) is 2.74. The van der Waals surface area contributed by atoms with E-state index in [0.717, 1.165) is 0 Å². The highest BCUT2D eigenvalue weighted by Crippen LogP contribution is 2.00. The zero-order valence-electron chi connectivity index (χ0n) is 8.17. The van der Waals surface area contributed by atoms with Gasteiger partial charge in [-0.1, -0.05) is 0 Å². The zero-order chi connectivity index (χ0) is 11.3. The third-order valence-electron chi connectivity index (χ3n) is 1.88. The third kappa shape index (κ3) is 2.97. The summed E-state index contributed by atoms with van der Waals surface area (Å²) < 4.78 is 0. The average molecular weight is 205 g/mol. The van der Waals surface area contributed by atoms with Gasteiger partial charge in [0.2, 0.25) is 0 Å². The Morgan fingerprint density at radius 2 is 1.57 bits per heavy atom. The van der Waals surface area contributed by atoms with Crippen molar-refractivity contribution in [3.8, 4) is 0 Å². The van der Waals surface area contributed by atoms with Crippen LogP contribution in [0.5, 0.6) is 0 Å². The van der Waals surface area contributed by atoms with Crippen molar-refractivity contribution < 1.29 is 24.9 Å². The molecule has 6 heteroatoms. The molecule has 0 aromatic carbocycles. The van der Waals surface area contributed by atoms with E-state index in [4.69, 9.17) is 15.3 Å². The lowest BCUT2D eigenvalue weighted by molar-refractivity contribution is -0.162. The molecule has 2 atom stereocenters. The van der Waals surface area contributed by atoms with Crippen molar-refractivity contribution in [2.75, 3.05) is 13.1 Å². The number of nitrogens with zero attached hydrogens (tertiary/aromatic N) is 1. The molecule has 0 fully saturated rings. The van der Waals surface area contributed by atoms with Crippen LogP contribution in [0.4, 0.5) is 0 Å². The van der Waals surface area contributed by atoms with Gasteiger partial charge >= 0.3 is 5.97 Å². The Labute approximate surface area is 81.8 Å². The molecule has 0 aliphatic carbocycles. The Hall–Kier alpha value is -1.14. The molecule has 0 aromatic heterocycles. The van der Waals surface area contributed by atoms with Gasteiger partial charge in [0.05, 0.1) is 0 Å². The van der Waals surface area contributed by atoms with Crippen LogP contribution in [-0.2, 0) is 9.59 Å². The number of likely N-dealkylation sites (N-methyl/N-ethyl adjacent to an activating group) is 1. The standard InChI is InChI=1S/C8H15NO5/c1-3-9(4-2)7(12)5(10)6(11)8(13)14/h5-6,10-11H,3-4H2,1-2H3,(H,13,14). The highest BCUT2D eigenvalue weighted by Gasteiger charge is 2.32. The number of carbonyl (C=O) groups excluding carboxylic acids is 1. The first-order valence-electron chi connectivity index (χ1n) is 4.33. The fraction of sp³-hybridized carbons (Fsp3) is 0.750. The molecule has 0 radical (unpaired) electrons. The van der Waals surface area contributed by atoms with Gasteiger partial charge in [0, 0.05) is 13.1 Å². The molecule has 82 valence electrons. The number of aliphatic carboxylic acids is 1. The predicted molar refractivity (Wildman–Crippen MR) is 47.6 cm³/mol. The number of aliphatic hydroxyl groups excluding tert-OH is 2. The van der Waals surface area contributed by atoms with Crippen LogP contribution in [0.15, 0.2) is 0 Å². The number of amides is 1. The smallest absolute Gasteiger partial charge is 0.335 e. The summed E-state index contributed by atoms with van der Waals surface area (Å²) >= 11 is 0. The molecular formula is C8H15NO5. The highest BCUT2D eigenvalue weighted by atomic mass is 16.4. The summed E-state index contributed by atoms with van der Waals surface area (Å²) in [6, 6.07) is 0. The molecule has 3 N–H and O–H groups in total. The summed E-state index contributed by atoms with van der Waals surface area (Å²) in [7, 11) is 0. The monoisotopic (exact) mass is 205 g/mol. The van der Waals surface area contributed by atoms with Gasteiger partial charge in [-0.05, 0) is 13.8 Å². The first-order valence-corrected chi connectivity index (χ1v) is 4.33. The molecule has 6 nitrogen and oxygen atoms in total. The van der Waals surface area contributed by atoms with Crippen LogP contribution >= 0.6 is 0 Å². The maximum absolute atomic E-state index is 11.3. The van der Waals surface area contributed by atoms with Crippen molar-refractivity contribution in [1.29, 1.82) is 0 Å². The Morgan fingerprint density at radius 1 is 1.14 bits per heavy atom. The second-order valence-corrected chi connectivity index (χ2v) is 2.74. The van der Waals surface area contributed by atoms with E-state index in [1.54, 1.807) is 13.8 Å². The lowest BCUT2D eigenvalue weighted by Gasteiger charge is -2.23. The van der Waals surface area contributed by atoms with E-state index < -0.39 is 24.1 Å². The lowest BCUT2D eigenvalue weighted by Crippen LogP contribution is -2.47. The second kappa shape index (κ2) is 5.56. The van der Waals surface area contributed by atoms with Gasteiger partial charge in [0.15, 0.2) is 12.2 Å². The van der Waals surface area contributed by atoms with E-state index in [-0.39, 0.29) is 0 Å². The summed E-state index contributed by atoms with van der Waals surface area (Å²) in [4.78, 5) is 22.8. The van der Waals surface area contributed by atoms with E-state index in [0.29, 0.717) is 13.1 Å². The van der Waals surface area contributed by atoms with Gasteiger partial charge < -0.3 is 20.2 Å². The Kier molecular flexibility index (Phi) is 5.11. The van der Waals surface area contributed by atoms with Crippen molar-refractivity contribution in [1.82, 2.24) is 4.90 Å². The summed E-state index contributed by atoms with van der Waals surface area (Å²) in [6.45, 7) is 4.11. The van der Waals surface area contributed by atoms with Crippen molar-refractivity contribution >= 4 is 11.9 Å². The van der Waals surface area contributed by atoms with Crippen LogP contribution in [0, 0.1) is 0 Å². The van der Waals surface area contributed by atoms with Crippen LogP contribution in [-0.4, -0.2) is 57.4 Å². The van der Waals surface area contributed by atoms with Gasteiger partial charge in [-0.15, -0.1) is 0 Å². The highest BCUT2D eigenvalue weighted by molar-refractivity contribution is 5.87. The molecule has 14 heavy (non-hydrogen) atoms. The van der Waals surface area contributed by atoms with Gasteiger partial charge in [-0.2, -0.15) is 0 Å². The average Bonchev–Trinajstić information content (AvgIpc) is 2.17. The molecule has 0 heterocycles. The maximum atomic E-state index is 11.3. The molecule has 1 amide bonds. The fourth-order valence-electron chi connectivity index (χ4n) is 0.992. The number of carboxylic acids is 1. The van der Waals surface area contributed by atoms with Crippen LogP contribution in [0.2, 0.25) is 0 Å². The van der Waals surface area contributed by atoms with Gasteiger partial charge in [0.1, 0.15) is 0 Å². The summed E-state index contributed by atoms with van der Waals surface area (Å²) in [6.07, 6.45) is -3.96. The van der Waals surface area contributed by atoms with Gasteiger partial charge in [-0.25, -0.2) is 4.79 Å². The largest absolute Gasteiger partial charge is 0.479 e. The van der Waals surface area contributed by atoms with Crippen LogP contribution in [0.1, 0.15) is 13.8 Å². The number of carbonyl (C=O) groups is 2. The molecule has 0 spiro atoms. The van der Waals surface area contributed by atoms with Crippen molar-refractivity contribution in [2.24, 2.45) is 0 Å². The molecular weight excluding hydrogens is 190 g/mol. The SMILES string of the molecule is CCN(CC)C(=O)C(O)C(O)C(=O)O. The molecule has 0 aliphatic heterocycles. The Bertz CT molecular complexity index is 214. The topological polar surface area (TPSA) is 98.1 Å². The van der Waals surface area contributed by atoms with E-state index in [1.165, 1.54) is 4.90 Å². The normalized spacial score (nSPS) is 14.6. The summed E-state index contributed by atoms with van der Waals surface area (Å²) in [5, 5.41) is 26.4. The van der Waals surface area contributed by atoms with E-state index in [9.17, 15) is 9.59 Å².